The minimum atomic E-state index is -0.288. The number of unbranched alkanes of at least 4 members (excludes halogenated alkanes) is 2. The van der Waals surface area contributed by atoms with E-state index in [9.17, 15) is 9.59 Å². The van der Waals surface area contributed by atoms with Crippen LogP contribution in [0.3, 0.4) is 0 Å². The van der Waals surface area contributed by atoms with Gasteiger partial charge in [-0.15, -0.1) is 0 Å². The van der Waals surface area contributed by atoms with Crippen molar-refractivity contribution in [2.75, 3.05) is 11.4 Å². The Balaban J connectivity index is 1.88. The second-order valence-electron chi connectivity index (χ2n) is 7.68. The minimum absolute atomic E-state index is 0.226. The molecule has 148 valence electrons. The van der Waals surface area contributed by atoms with Gasteiger partial charge in [0.15, 0.2) is 11.2 Å². The highest BCUT2D eigenvalue weighted by atomic mass is 16.2. The summed E-state index contributed by atoms with van der Waals surface area (Å²) in [5, 5.41) is 0. The van der Waals surface area contributed by atoms with E-state index in [1.165, 1.54) is 14.7 Å². The lowest BCUT2D eigenvalue weighted by molar-refractivity contribution is 0.549. The molecule has 2 aromatic heterocycles. The third-order valence-electron chi connectivity index (χ3n) is 5.64. The largest absolute Gasteiger partial charge is 0.332 e. The van der Waals surface area contributed by atoms with Crippen LogP contribution in [0.2, 0.25) is 0 Å². The Bertz CT molecular complexity index is 1170. The molecular formula is C21H27N5O2. The summed E-state index contributed by atoms with van der Waals surface area (Å²) in [6, 6.07) is 6.34. The maximum Gasteiger partial charge on any atom is 0.332 e. The fraction of sp³-hybridized carbons (Fsp3) is 0.476. The smallest absolute Gasteiger partial charge is 0.310 e. The van der Waals surface area contributed by atoms with Crippen LogP contribution in [-0.4, -0.2) is 25.2 Å². The predicted molar refractivity (Wildman–Crippen MR) is 112 cm³/mol. The number of fused-ring (bicyclic) bond motifs is 3. The summed E-state index contributed by atoms with van der Waals surface area (Å²) < 4.78 is 4.85. The fourth-order valence-corrected chi connectivity index (χ4v) is 4.03. The number of hydrogen-bond donors (Lipinski definition) is 0. The molecule has 0 amide bonds. The average Bonchev–Trinajstić information content (AvgIpc) is 3.24. The van der Waals surface area contributed by atoms with Gasteiger partial charge in [-0.3, -0.25) is 13.9 Å². The summed E-state index contributed by atoms with van der Waals surface area (Å²) in [4.78, 5) is 32.8. The van der Waals surface area contributed by atoms with Crippen molar-refractivity contribution in [2.24, 2.45) is 7.05 Å². The lowest BCUT2D eigenvalue weighted by Gasteiger charge is -2.19. The first kappa shape index (κ1) is 18.5. The zero-order valence-corrected chi connectivity index (χ0v) is 17.0. The molecule has 1 aliphatic heterocycles. The molecule has 1 aliphatic rings. The molecule has 7 heteroatoms. The maximum atomic E-state index is 13.2. The van der Waals surface area contributed by atoms with Crippen molar-refractivity contribution in [3.05, 3.63) is 50.2 Å². The van der Waals surface area contributed by atoms with Crippen LogP contribution in [0, 0.1) is 13.8 Å². The molecule has 0 N–H and O–H groups in total. The van der Waals surface area contributed by atoms with Crippen LogP contribution in [0.25, 0.3) is 11.2 Å². The molecule has 7 nitrogen and oxygen atoms in total. The Morgan fingerprint density at radius 2 is 1.89 bits per heavy atom. The summed E-state index contributed by atoms with van der Waals surface area (Å²) in [6.07, 6.45) is 2.87. The molecule has 0 aliphatic carbocycles. The van der Waals surface area contributed by atoms with Gasteiger partial charge in [0.2, 0.25) is 5.95 Å². The van der Waals surface area contributed by atoms with Gasteiger partial charge in [0.1, 0.15) is 0 Å². The Morgan fingerprint density at radius 1 is 1.11 bits per heavy atom. The molecule has 0 spiro atoms. The van der Waals surface area contributed by atoms with E-state index in [0.717, 1.165) is 43.0 Å². The highest BCUT2D eigenvalue weighted by Gasteiger charge is 2.29. The van der Waals surface area contributed by atoms with Crippen molar-refractivity contribution < 1.29 is 0 Å². The number of rotatable bonds is 5. The van der Waals surface area contributed by atoms with E-state index in [2.05, 4.69) is 43.9 Å². The Morgan fingerprint density at radius 3 is 2.64 bits per heavy atom. The van der Waals surface area contributed by atoms with E-state index in [1.807, 2.05) is 4.57 Å². The normalized spacial score (nSPS) is 13.5. The summed E-state index contributed by atoms with van der Waals surface area (Å²) in [5.74, 6) is 0.738. The molecule has 0 fully saturated rings. The van der Waals surface area contributed by atoms with Gasteiger partial charge in [0.05, 0.1) is 0 Å². The molecule has 0 unspecified atom stereocenters. The standard InChI is InChI=1S/C21H27N5O2/c1-5-6-7-10-26-19(27)17-18(23(4)21(26)28)22-20-24(11-12-25(17)20)16-13-14(2)8-9-15(16)3/h8-9,13H,5-7,10-12H2,1-4H3. The summed E-state index contributed by atoms with van der Waals surface area (Å²) >= 11 is 0. The van der Waals surface area contributed by atoms with E-state index >= 15 is 0 Å². The first-order valence-electron chi connectivity index (χ1n) is 9.99. The van der Waals surface area contributed by atoms with Gasteiger partial charge < -0.3 is 9.47 Å². The zero-order valence-electron chi connectivity index (χ0n) is 17.0. The van der Waals surface area contributed by atoms with Gasteiger partial charge in [-0.1, -0.05) is 31.9 Å². The van der Waals surface area contributed by atoms with Crippen LogP contribution in [0.4, 0.5) is 11.6 Å². The summed E-state index contributed by atoms with van der Waals surface area (Å²) in [7, 11) is 1.70. The number of hydrogen-bond acceptors (Lipinski definition) is 4. The number of anilines is 2. The maximum absolute atomic E-state index is 13.2. The molecule has 3 aromatic rings. The topological polar surface area (TPSA) is 65.1 Å². The number of nitrogens with zero attached hydrogens (tertiary/aromatic N) is 5. The van der Waals surface area contributed by atoms with Crippen LogP contribution in [-0.2, 0) is 20.1 Å². The molecular weight excluding hydrogens is 354 g/mol. The van der Waals surface area contributed by atoms with Gasteiger partial charge in [0, 0.05) is 32.4 Å². The van der Waals surface area contributed by atoms with E-state index in [1.54, 1.807) is 7.05 Å². The molecule has 0 atom stereocenters. The van der Waals surface area contributed by atoms with Crippen LogP contribution in [0.15, 0.2) is 27.8 Å². The van der Waals surface area contributed by atoms with Crippen LogP contribution >= 0.6 is 0 Å². The molecule has 0 bridgehead atoms. The predicted octanol–water partition coefficient (Wildman–Crippen LogP) is 2.86. The van der Waals surface area contributed by atoms with Crippen LogP contribution in [0.1, 0.15) is 37.3 Å². The highest BCUT2D eigenvalue weighted by molar-refractivity contribution is 5.78. The lowest BCUT2D eigenvalue weighted by Crippen LogP contribution is -2.39. The van der Waals surface area contributed by atoms with Crippen LogP contribution < -0.4 is 16.1 Å². The van der Waals surface area contributed by atoms with Gasteiger partial charge in [-0.25, -0.2) is 4.79 Å². The van der Waals surface area contributed by atoms with Crippen molar-refractivity contribution in [3.63, 3.8) is 0 Å². The molecule has 4 rings (SSSR count). The van der Waals surface area contributed by atoms with Crippen molar-refractivity contribution >= 4 is 22.8 Å². The number of imidazole rings is 1. The Hall–Kier alpha value is -2.83. The summed E-state index contributed by atoms with van der Waals surface area (Å²) in [6.45, 7) is 8.16. The van der Waals surface area contributed by atoms with Gasteiger partial charge in [0.25, 0.3) is 5.56 Å². The van der Waals surface area contributed by atoms with Crippen molar-refractivity contribution in [1.82, 2.24) is 18.7 Å². The first-order chi connectivity index (χ1) is 13.4. The molecule has 0 saturated carbocycles. The van der Waals surface area contributed by atoms with E-state index in [-0.39, 0.29) is 11.2 Å². The van der Waals surface area contributed by atoms with Gasteiger partial charge >= 0.3 is 5.69 Å². The molecule has 3 heterocycles. The van der Waals surface area contributed by atoms with E-state index < -0.39 is 0 Å². The zero-order chi connectivity index (χ0) is 20.0. The monoisotopic (exact) mass is 381 g/mol. The quantitative estimate of drug-likeness (QED) is 0.638. The lowest BCUT2D eigenvalue weighted by atomic mass is 10.1. The van der Waals surface area contributed by atoms with Crippen molar-refractivity contribution in [3.8, 4) is 0 Å². The highest BCUT2D eigenvalue weighted by Crippen LogP contribution is 2.34. The second kappa shape index (κ2) is 6.96. The minimum Gasteiger partial charge on any atom is -0.310 e. The SMILES string of the molecule is CCCCCn1c(=O)c2c(nc3n2CCN3c2cc(C)ccc2C)n(C)c1=O. The molecule has 0 radical (unpaired) electrons. The summed E-state index contributed by atoms with van der Waals surface area (Å²) in [5.41, 5.74) is 3.92. The molecule has 0 saturated heterocycles. The van der Waals surface area contributed by atoms with Gasteiger partial charge in [-0.2, -0.15) is 4.98 Å². The molecule has 28 heavy (non-hydrogen) atoms. The molecule has 1 aromatic carbocycles. The van der Waals surface area contributed by atoms with E-state index in [0.29, 0.717) is 24.3 Å². The third kappa shape index (κ3) is 2.77. The van der Waals surface area contributed by atoms with E-state index in [4.69, 9.17) is 4.98 Å². The first-order valence-corrected chi connectivity index (χ1v) is 9.99. The number of benzene rings is 1. The van der Waals surface area contributed by atoms with Gasteiger partial charge in [-0.05, 0) is 37.5 Å². The Labute approximate surface area is 163 Å². The van der Waals surface area contributed by atoms with Crippen molar-refractivity contribution in [2.45, 2.75) is 53.1 Å². The van der Waals surface area contributed by atoms with Crippen molar-refractivity contribution in [1.29, 1.82) is 0 Å². The average molecular weight is 381 g/mol. The third-order valence-corrected chi connectivity index (χ3v) is 5.64. The number of aryl methyl sites for hydroxylation is 3. The van der Waals surface area contributed by atoms with Crippen LogP contribution in [0.5, 0.6) is 0 Å². The fourth-order valence-electron chi connectivity index (χ4n) is 4.03. The number of aromatic nitrogens is 4. The second-order valence-corrected chi connectivity index (χ2v) is 7.68. The Kier molecular flexibility index (Phi) is 4.61.